The van der Waals surface area contributed by atoms with Crippen molar-refractivity contribution in [3.05, 3.63) is 76.6 Å². The van der Waals surface area contributed by atoms with Gasteiger partial charge in [0, 0.05) is 41.2 Å². The number of benzene rings is 2. The van der Waals surface area contributed by atoms with Gasteiger partial charge in [-0.05, 0) is 60.6 Å². The number of rotatable bonds is 3. The number of Topliss-reactive ketones (excluding diaryl/α,β-unsaturated/α-hetero) is 1. The van der Waals surface area contributed by atoms with Crippen LogP contribution in [0.1, 0.15) is 68.7 Å². The lowest BCUT2D eigenvalue weighted by Crippen LogP contribution is -2.47. The Labute approximate surface area is 251 Å². The Kier molecular flexibility index (Phi) is 8.73. The fourth-order valence-electron chi connectivity index (χ4n) is 5.74. The van der Waals surface area contributed by atoms with Crippen LogP contribution in [0.25, 0.3) is 11.3 Å². The van der Waals surface area contributed by atoms with Crippen molar-refractivity contribution in [2.75, 3.05) is 11.9 Å². The van der Waals surface area contributed by atoms with E-state index in [0.29, 0.717) is 53.2 Å². The number of amides is 2. The van der Waals surface area contributed by atoms with Crippen LogP contribution in [0.5, 0.6) is 0 Å². The largest absolute Gasteiger partial charge is 0.436 e. The minimum absolute atomic E-state index is 0.0576. The molecular formula is C31H31ClF3N5O3. The van der Waals surface area contributed by atoms with Crippen molar-refractivity contribution in [3.63, 3.8) is 0 Å². The second kappa shape index (κ2) is 12.3. The molecule has 0 spiro atoms. The first kappa shape index (κ1) is 30.5. The highest BCUT2D eigenvalue weighted by atomic mass is 35.5. The molecule has 2 aliphatic heterocycles. The SMILES string of the molecule is CC1CC(=O)[C@@H](N2CCC(c3cc(Cl)ccc3-n3cc(C(F)(F)F)nn3)=CC2=O)CCC[C@@H](C)C(=O)Nc2ccccc21. The Bertz CT molecular complexity index is 1580. The van der Waals surface area contributed by atoms with Crippen LogP contribution in [0.3, 0.4) is 0 Å². The zero-order valence-corrected chi connectivity index (χ0v) is 24.5. The molecule has 2 aliphatic rings. The van der Waals surface area contributed by atoms with Gasteiger partial charge in [-0.2, -0.15) is 13.2 Å². The summed E-state index contributed by atoms with van der Waals surface area (Å²) in [5.41, 5.74) is 1.72. The summed E-state index contributed by atoms with van der Waals surface area (Å²) in [6.07, 6.45) is -0.366. The number of nitrogens with zero attached hydrogens (tertiary/aromatic N) is 4. The average Bonchev–Trinajstić information content (AvgIpc) is 3.46. The summed E-state index contributed by atoms with van der Waals surface area (Å²) in [6.45, 7) is 4.01. The maximum Gasteiger partial charge on any atom is 0.436 e. The Morgan fingerprint density at radius 2 is 1.79 bits per heavy atom. The lowest BCUT2D eigenvalue weighted by atomic mass is 9.87. The van der Waals surface area contributed by atoms with E-state index < -0.39 is 17.9 Å². The van der Waals surface area contributed by atoms with Crippen molar-refractivity contribution in [1.29, 1.82) is 0 Å². The molecule has 3 aromatic rings. The number of anilines is 1. The predicted molar refractivity (Wildman–Crippen MR) is 156 cm³/mol. The topological polar surface area (TPSA) is 97.2 Å². The van der Waals surface area contributed by atoms with Crippen LogP contribution >= 0.6 is 11.6 Å². The number of nitrogens with one attached hydrogen (secondary N) is 1. The Hall–Kier alpha value is -3.99. The summed E-state index contributed by atoms with van der Waals surface area (Å²) in [5, 5.41) is 10.2. The minimum atomic E-state index is -4.66. The summed E-state index contributed by atoms with van der Waals surface area (Å²) < 4.78 is 40.5. The molecule has 3 heterocycles. The molecular weight excluding hydrogens is 583 g/mol. The first-order chi connectivity index (χ1) is 20.4. The molecule has 2 aromatic carbocycles. The molecule has 43 heavy (non-hydrogen) atoms. The van der Waals surface area contributed by atoms with E-state index in [1.54, 1.807) is 11.0 Å². The average molecular weight is 614 g/mol. The van der Waals surface area contributed by atoms with Gasteiger partial charge in [-0.25, -0.2) is 4.68 Å². The van der Waals surface area contributed by atoms with Crippen molar-refractivity contribution in [1.82, 2.24) is 19.9 Å². The van der Waals surface area contributed by atoms with Crippen LogP contribution in [-0.4, -0.2) is 50.1 Å². The van der Waals surface area contributed by atoms with Crippen LogP contribution in [-0.2, 0) is 20.6 Å². The van der Waals surface area contributed by atoms with Gasteiger partial charge in [0.1, 0.15) is 0 Å². The van der Waals surface area contributed by atoms with Gasteiger partial charge in [-0.1, -0.05) is 55.3 Å². The number of hydrogen-bond donors (Lipinski definition) is 1. The lowest BCUT2D eigenvalue weighted by Gasteiger charge is -2.34. The van der Waals surface area contributed by atoms with E-state index >= 15 is 0 Å². The molecule has 1 aromatic heterocycles. The van der Waals surface area contributed by atoms with Crippen LogP contribution in [0.4, 0.5) is 18.9 Å². The quantitative estimate of drug-likeness (QED) is 0.366. The molecule has 226 valence electrons. The normalized spacial score (nSPS) is 22.3. The zero-order valence-electron chi connectivity index (χ0n) is 23.7. The van der Waals surface area contributed by atoms with Crippen molar-refractivity contribution in [3.8, 4) is 5.69 Å². The molecule has 1 unspecified atom stereocenters. The van der Waals surface area contributed by atoms with Crippen molar-refractivity contribution in [2.45, 2.75) is 64.1 Å². The number of carbonyl (C=O) groups excluding carboxylic acids is 3. The molecule has 2 amide bonds. The van der Waals surface area contributed by atoms with Crippen molar-refractivity contribution < 1.29 is 27.6 Å². The lowest BCUT2D eigenvalue weighted by molar-refractivity contribution is -0.141. The summed E-state index contributed by atoms with van der Waals surface area (Å²) in [5.74, 6) is -0.982. The fraction of sp³-hybridized carbons (Fsp3) is 0.387. The van der Waals surface area contributed by atoms with E-state index in [4.69, 9.17) is 11.6 Å². The Balaban J connectivity index is 1.43. The number of hydrogen-bond acceptors (Lipinski definition) is 5. The van der Waals surface area contributed by atoms with E-state index in [2.05, 4.69) is 15.6 Å². The van der Waals surface area contributed by atoms with E-state index in [0.717, 1.165) is 16.4 Å². The molecule has 8 nitrogen and oxygen atoms in total. The third-order valence-electron chi connectivity index (χ3n) is 8.11. The number of aromatic nitrogens is 3. The molecule has 5 rings (SSSR count). The van der Waals surface area contributed by atoms with E-state index in [9.17, 15) is 27.6 Å². The maximum atomic E-state index is 13.7. The van der Waals surface area contributed by atoms with Gasteiger partial charge in [0.05, 0.1) is 17.9 Å². The van der Waals surface area contributed by atoms with Gasteiger partial charge < -0.3 is 10.2 Å². The second-order valence-electron chi connectivity index (χ2n) is 11.2. The predicted octanol–water partition coefficient (Wildman–Crippen LogP) is 6.45. The number of para-hydroxylation sites is 1. The number of carbonyl (C=O) groups is 3. The monoisotopic (exact) mass is 613 g/mol. The molecule has 0 radical (unpaired) electrons. The van der Waals surface area contributed by atoms with Crippen molar-refractivity contribution >= 4 is 40.5 Å². The van der Waals surface area contributed by atoms with Gasteiger partial charge >= 0.3 is 6.18 Å². The zero-order chi connectivity index (χ0) is 30.9. The summed E-state index contributed by atoms with van der Waals surface area (Å²) in [7, 11) is 0. The Morgan fingerprint density at radius 1 is 1.02 bits per heavy atom. The fourth-order valence-corrected chi connectivity index (χ4v) is 5.91. The molecule has 1 N–H and O–H groups in total. The number of fused-ring (bicyclic) bond motifs is 1. The van der Waals surface area contributed by atoms with Crippen LogP contribution < -0.4 is 5.32 Å². The highest BCUT2D eigenvalue weighted by Crippen LogP contribution is 2.35. The minimum Gasteiger partial charge on any atom is -0.329 e. The van der Waals surface area contributed by atoms with Gasteiger partial charge in [-0.15, -0.1) is 5.10 Å². The molecule has 0 aliphatic carbocycles. The first-order valence-corrected chi connectivity index (χ1v) is 14.5. The van der Waals surface area contributed by atoms with Crippen LogP contribution in [0.2, 0.25) is 5.02 Å². The standard InChI is InChI=1S/C31H31ClF3N5O3/c1-18-6-5-9-26(27(41)14-19(2)22-7-3-4-8-24(22)36-30(18)43)39-13-12-20(15-29(39)42)23-16-21(32)10-11-25(23)40-17-28(37-38-40)31(33,34)35/h3-4,7-8,10-11,15-19,26H,5-6,9,12-14H2,1-2H3,(H,36,43)/t18-,19?,26+/m1/s1. The third-order valence-corrected chi connectivity index (χ3v) is 8.34. The second-order valence-corrected chi connectivity index (χ2v) is 11.6. The van der Waals surface area contributed by atoms with Crippen LogP contribution in [0.15, 0.2) is 54.7 Å². The third kappa shape index (κ3) is 6.66. The van der Waals surface area contributed by atoms with Gasteiger partial charge in [0.15, 0.2) is 11.5 Å². The van der Waals surface area contributed by atoms with E-state index in [1.807, 2.05) is 38.1 Å². The smallest absolute Gasteiger partial charge is 0.329 e. The van der Waals surface area contributed by atoms with Crippen LogP contribution in [0, 0.1) is 5.92 Å². The van der Waals surface area contributed by atoms with Gasteiger partial charge in [0.2, 0.25) is 11.8 Å². The number of alkyl halides is 3. The number of halogens is 4. The van der Waals surface area contributed by atoms with Gasteiger partial charge in [0.25, 0.3) is 0 Å². The Morgan fingerprint density at radius 3 is 2.51 bits per heavy atom. The first-order valence-electron chi connectivity index (χ1n) is 14.2. The van der Waals surface area contributed by atoms with Gasteiger partial charge in [-0.3, -0.25) is 14.4 Å². The highest BCUT2D eigenvalue weighted by molar-refractivity contribution is 6.30. The summed E-state index contributed by atoms with van der Waals surface area (Å²) >= 11 is 6.25. The molecule has 0 saturated heterocycles. The summed E-state index contributed by atoms with van der Waals surface area (Å²) in [6, 6.07) is 11.4. The molecule has 12 heteroatoms. The molecule has 0 fully saturated rings. The van der Waals surface area contributed by atoms with E-state index in [-0.39, 0.29) is 42.4 Å². The number of ketones is 1. The molecule has 0 bridgehead atoms. The van der Waals surface area contributed by atoms with E-state index in [1.165, 1.54) is 18.2 Å². The molecule has 3 atom stereocenters. The highest BCUT2D eigenvalue weighted by Gasteiger charge is 2.36. The molecule has 0 saturated carbocycles. The summed E-state index contributed by atoms with van der Waals surface area (Å²) in [4.78, 5) is 41.7. The maximum absolute atomic E-state index is 13.7. The van der Waals surface area contributed by atoms with Crippen molar-refractivity contribution in [2.24, 2.45) is 5.92 Å².